The highest BCUT2D eigenvalue weighted by molar-refractivity contribution is 5.95. The molecule has 1 amide bonds. The quantitative estimate of drug-likeness (QED) is 0.333. The Balaban J connectivity index is 0.00000144. The van der Waals surface area contributed by atoms with E-state index in [9.17, 15) is 14.4 Å². The van der Waals surface area contributed by atoms with Crippen LogP contribution < -0.4 is 5.32 Å². The molecule has 1 aliphatic rings. The highest BCUT2D eigenvalue weighted by Gasteiger charge is 2.35. The maximum absolute atomic E-state index is 10.8. The van der Waals surface area contributed by atoms with E-state index in [1.807, 2.05) is 0 Å². The SMILES string of the molecule is CC(C=C=O)C1NC(=O)OC1=O.O. The molecule has 13 heavy (non-hydrogen) atoms. The molecule has 1 heterocycles. The number of hydrogen-bond donors (Lipinski definition) is 1. The molecule has 2 unspecified atom stereocenters. The number of esters is 1. The van der Waals surface area contributed by atoms with Crippen molar-refractivity contribution in [2.24, 2.45) is 5.92 Å². The van der Waals surface area contributed by atoms with Crippen molar-refractivity contribution in [3.8, 4) is 0 Å². The largest absolute Gasteiger partial charge is 0.415 e. The summed E-state index contributed by atoms with van der Waals surface area (Å²) < 4.78 is 4.20. The minimum Gasteiger partial charge on any atom is -0.412 e. The molecule has 1 rings (SSSR count). The third-order valence-corrected chi connectivity index (χ3v) is 1.58. The van der Waals surface area contributed by atoms with Crippen molar-refractivity contribution < 1.29 is 24.6 Å². The van der Waals surface area contributed by atoms with Crippen molar-refractivity contribution >= 4 is 18.0 Å². The second kappa shape index (κ2) is 4.39. The molecule has 1 saturated heterocycles. The minimum absolute atomic E-state index is 0. The van der Waals surface area contributed by atoms with Gasteiger partial charge in [0.25, 0.3) is 0 Å². The first-order valence-electron chi connectivity index (χ1n) is 3.38. The number of nitrogens with one attached hydrogen (secondary N) is 1. The van der Waals surface area contributed by atoms with Crippen LogP contribution in [0.4, 0.5) is 4.79 Å². The summed E-state index contributed by atoms with van der Waals surface area (Å²) in [6.07, 6.45) is 0.397. The zero-order valence-corrected chi connectivity index (χ0v) is 6.87. The number of cyclic esters (lactones) is 2. The smallest absolute Gasteiger partial charge is 0.412 e. The van der Waals surface area contributed by atoms with Crippen LogP contribution in [0.15, 0.2) is 6.08 Å². The van der Waals surface area contributed by atoms with E-state index in [0.29, 0.717) is 0 Å². The van der Waals surface area contributed by atoms with Gasteiger partial charge < -0.3 is 15.5 Å². The van der Waals surface area contributed by atoms with Gasteiger partial charge in [0.05, 0.1) is 0 Å². The van der Waals surface area contributed by atoms with E-state index < -0.39 is 18.1 Å². The Morgan fingerprint density at radius 2 is 2.23 bits per heavy atom. The Kier molecular flexibility index (Phi) is 3.84. The zero-order valence-electron chi connectivity index (χ0n) is 6.87. The van der Waals surface area contributed by atoms with Gasteiger partial charge in [-0.1, -0.05) is 6.92 Å². The average Bonchev–Trinajstić information content (AvgIpc) is 2.30. The predicted octanol–water partition coefficient (Wildman–Crippen LogP) is -1.18. The van der Waals surface area contributed by atoms with E-state index in [1.54, 1.807) is 12.9 Å². The second-order valence-electron chi connectivity index (χ2n) is 2.47. The molecular formula is C7H9NO5. The average molecular weight is 187 g/mol. The lowest BCUT2D eigenvalue weighted by Gasteiger charge is -2.07. The molecule has 2 atom stereocenters. The van der Waals surface area contributed by atoms with Gasteiger partial charge in [-0.25, -0.2) is 14.4 Å². The molecule has 6 heteroatoms. The van der Waals surface area contributed by atoms with Gasteiger partial charge >= 0.3 is 12.1 Å². The molecule has 1 aliphatic heterocycles. The van der Waals surface area contributed by atoms with Crippen molar-refractivity contribution in [3.05, 3.63) is 6.08 Å². The van der Waals surface area contributed by atoms with Crippen LogP contribution in [-0.2, 0) is 14.3 Å². The van der Waals surface area contributed by atoms with Crippen LogP contribution >= 0.6 is 0 Å². The van der Waals surface area contributed by atoms with Crippen LogP contribution in [0, 0.1) is 5.92 Å². The number of hydrogen-bond acceptors (Lipinski definition) is 4. The predicted molar refractivity (Wildman–Crippen MR) is 41.5 cm³/mol. The molecule has 0 radical (unpaired) electrons. The number of ether oxygens (including phenoxy) is 1. The maximum atomic E-state index is 10.8. The van der Waals surface area contributed by atoms with Crippen LogP contribution in [-0.4, -0.2) is 29.5 Å². The fourth-order valence-electron chi connectivity index (χ4n) is 0.920. The van der Waals surface area contributed by atoms with Crippen LogP contribution in [0.3, 0.4) is 0 Å². The van der Waals surface area contributed by atoms with E-state index in [2.05, 4.69) is 10.1 Å². The highest BCUT2D eigenvalue weighted by Crippen LogP contribution is 2.10. The van der Waals surface area contributed by atoms with E-state index in [0.717, 1.165) is 6.08 Å². The molecule has 1 fully saturated rings. The molecule has 0 aromatic rings. The summed E-state index contributed by atoms with van der Waals surface area (Å²) >= 11 is 0. The third kappa shape index (κ3) is 2.40. The van der Waals surface area contributed by atoms with Gasteiger partial charge in [0.1, 0.15) is 12.0 Å². The van der Waals surface area contributed by atoms with Crippen molar-refractivity contribution in [2.45, 2.75) is 13.0 Å². The summed E-state index contributed by atoms with van der Waals surface area (Å²) in [6.45, 7) is 1.61. The summed E-state index contributed by atoms with van der Waals surface area (Å²) in [5.74, 6) is 0.504. The van der Waals surface area contributed by atoms with Crippen molar-refractivity contribution in [1.82, 2.24) is 5.32 Å². The molecule has 0 aromatic carbocycles. The summed E-state index contributed by atoms with van der Waals surface area (Å²) in [7, 11) is 0. The summed E-state index contributed by atoms with van der Waals surface area (Å²) in [4.78, 5) is 31.3. The molecule has 0 aliphatic carbocycles. The first-order chi connectivity index (χ1) is 5.65. The molecule has 6 nitrogen and oxygen atoms in total. The Morgan fingerprint density at radius 3 is 2.62 bits per heavy atom. The van der Waals surface area contributed by atoms with Crippen molar-refractivity contribution in [1.29, 1.82) is 0 Å². The van der Waals surface area contributed by atoms with Crippen LogP contribution in [0.25, 0.3) is 0 Å². The lowest BCUT2D eigenvalue weighted by atomic mass is 10.0. The molecular weight excluding hydrogens is 178 g/mol. The molecule has 0 spiro atoms. The fourth-order valence-corrected chi connectivity index (χ4v) is 0.920. The monoisotopic (exact) mass is 187 g/mol. The molecule has 0 aromatic heterocycles. The lowest BCUT2D eigenvalue weighted by Crippen LogP contribution is -2.34. The number of carbonyl (C=O) groups is 2. The summed E-state index contributed by atoms with van der Waals surface area (Å²) in [6, 6.07) is -0.751. The van der Waals surface area contributed by atoms with Gasteiger partial charge in [-0.2, -0.15) is 0 Å². The number of rotatable bonds is 2. The fraction of sp³-hybridized carbons (Fsp3) is 0.429. The van der Waals surface area contributed by atoms with Gasteiger partial charge in [-0.3, -0.25) is 0 Å². The van der Waals surface area contributed by atoms with E-state index in [4.69, 9.17) is 0 Å². The van der Waals surface area contributed by atoms with Gasteiger partial charge in [0.2, 0.25) is 0 Å². The van der Waals surface area contributed by atoms with Gasteiger partial charge in [0.15, 0.2) is 0 Å². The van der Waals surface area contributed by atoms with Crippen LogP contribution in [0.2, 0.25) is 0 Å². The van der Waals surface area contributed by atoms with Crippen LogP contribution in [0.1, 0.15) is 6.92 Å². The van der Waals surface area contributed by atoms with Crippen molar-refractivity contribution in [3.63, 3.8) is 0 Å². The van der Waals surface area contributed by atoms with E-state index in [-0.39, 0.29) is 11.4 Å². The molecule has 72 valence electrons. The lowest BCUT2D eigenvalue weighted by molar-refractivity contribution is -0.135. The van der Waals surface area contributed by atoms with E-state index >= 15 is 0 Å². The zero-order chi connectivity index (χ0) is 9.14. The molecule has 0 bridgehead atoms. The number of amides is 1. The van der Waals surface area contributed by atoms with Gasteiger partial charge in [-0.05, 0) is 0 Å². The summed E-state index contributed by atoms with van der Waals surface area (Å²) in [5, 5.41) is 2.27. The number of alkyl carbamates (subject to hydrolysis) is 1. The molecule has 3 N–H and O–H groups in total. The van der Waals surface area contributed by atoms with Gasteiger partial charge in [-0.15, -0.1) is 0 Å². The topological polar surface area (TPSA) is 104 Å². The van der Waals surface area contributed by atoms with E-state index in [1.165, 1.54) is 0 Å². The number of carbonyl (C=O) groups excluding carboxylic acids is 3. The normalized spacial score (nSPS) is 22.1. The first-order valence-corrected chi connectivity index (χ1v) is 3.38. The molecule has 0 saturated carbocycles. The Hall–Kier alpha value is -1.65. The maximum Gasteiger partial charge on any atom is 0.415 e. The highest BCUT2D eigenvalue weighted by atomic mass is 16.6. The van der Waals surface area contributed by atoms with Gasteiger partial charge in [0, 0.05) is 12.0 Å². The van der Waals surface area contributed by atoms with Crippen LogP contribution in [0.5, 0.6) is 0 Å². The summed E-state index contributed by atoms with van der Waals surface area (Å²) in [5.41, 5.74) is 0. The standard InChI is InChI=1S/C7H7NO4.H2O/c1-4(2-3-9)5-6(10)12-7(11)8-5;/h2,4-5H,1H3,(H,8,11);1H2. The minimum atomic E-state index is -0.767. The Labute approximate surface area is 73.9 Å². The second-order valence-corrected chi connectivity index (χ2v) is 2.47. The Bertz CT molecular complexity index is 268. The van der Waals surface area contributed by atoms with Crippen molar-refractivity contribution in [2.75, 3.05) is 0 Å². The third-order valence-electron chi connectivity index (χ3n) is 1.58. The first kappa shape index (κ1) is 11.4. The Morgan fingerprint density at radius 1 is 1.62 bits per heavy atom.